The zero-order valence-electron chi connectivity index (χ0n) is 25.1. The van der Waals surface area contributed by atoms with Crippen molar-refractivity contribution in [1.29, 1.82) is 0 Å². The molecule has 0 fully saturated rings. The molecule has 4 rings (SSSR count). The molecule has 0 unspecified atom stereocenters. The smallest absolute Gasteiger partial charge is 0.254 e. The number of nitrogens with zero attached hydrogens (tertiary/aromatic N) is 2. The van der Waals surface area contributed by atoms with Gasteiger partial charge in [0.1, 0.15) is 12.1 Å². The van der Waals surface area contributed by atoms with Crippen LogP contribution in [0.25, 0.3) is 11.0 Å². The van der Waals surface area contributed by atoms with Crippen molar-refractivity contribution in [3.8, 4) is 0 Å². The number of unbranched alkanes of at least 4 members (excludes halogenated alkanes) is 3. The second kappa shape index (κ2) is 15.2. The van der Waals surface area contributed by atoms with Crippen LogP contribution < -0.4 is 5.43 Å². The molecule has 1 aromatic heterocycles. The highest BCUT2D eigenvalue weighted by Crippen LogP contribution is 2.17. The van der Waals surface area contributed by atoms with Crippen LogP contribution in [0, 0.1) is 6.92 Å². The second-order valence-electron chi connectivity index (χ2n) is 11.1. The number of benzene rings is 3. The first kappa shape index (κ1) is 30.8. The monoisotopic (exact) mass is 566 g/mol. The Morgan fingerprint density at radius 3 is 2.24 bits per heavy atom. The van der Waals surface area contributed by atoms with Crippen molar-refractivity contribution in [3.63, 3.8) is 0 Å². The highest BCUT2D eigenvalue weighted by atomic mass is 16.3. The summed E-state index contributed by atoms with van der Waals surface area (Å²) in [5, 5.41) is 0.498. The van der Waals surface area contributed by atoms with E-state index in [9.17, 15) is 14.4 Å². The molecule has 0 radical (unpaired) electrons. The van der Waals surface area contributed by atoms with Gasteiger partial charge in [0.05, 0.1) is 23.8 Å². The predicted molar refractivity (Wildman–Crippen MR) is 168 cm³/mol. The molecular weight excluding hydrogens is 524 g/mol. The first-order valence-electron chi connectivity index (χ1n) is 15.1. The van der Waals surface area contributed by atoms with Crippen LogP contribution in [0.4, 0.5) is 0 Å². The summed E-state index contributed by atoms with van der Waals surface area (Å²) in [7, 11) is 0. The number of carbonyl (C=O) groups is 2. The summed E-state index contributed by atoms with van der Waals surface area (Å²) in [6.07, 6.45) is 7.63. The van der Waals surface area contributed by atoms with Gasteiger partial charge < -0.3 is 14.2 Å². The topological polar surface area (TPSA) is 70.8 Å². The molecule has 4 aromatic rings. The summed E-state index contributed by atoms with van der Waals surface area (Å²) in [5.74, 6) is -0.375. The molecule has 1 heterocycles. The lowest BCUT2D eigenvalue weighted by Crippen LogP contribution is -2.43. The molecule has 6 heteroatoms. The van der Waals surface area contributed by atoms with Crippen molar-refractivity contribution in [2.45, 2.75) is 72.4 Å². The molecule has 0 atom stereocenters. The van der Waals surface area contributed by atoms with E-state index in [1.54, 1.807) is 15.9 Å². The van der Waals surface area contributed by atoms with Crippen LogP contribution in [0.2, 0.25) is 0 Å². The quantitative estimate of drug-likeness (QED) is 0.150. The Morgan fingerprint density at radius 2 is 1.52 bits per heavy atom. The molecule has 220 valence electrons. The lowest BCUT2D eigenvalue weighted by molar-refractivity contribution is -0.133. The van der Waals surface area contributed by atoms with Crippen LogP contribution >= 0.6 is 0 Å². The van der Waals surface area contributed by atoms with E-state index in [4.69, 9.17) is 4.42 Å². The third-order valence-corrected chi connectivity index (χ3v) is 7.59. The Hall–Kier alpha value is -4.19. The number of hydrogen-bond acceptors (Lipinski definition) is 4. The predicted octanol–water partition coefficient (Wildman–Crippen LogP) is 7.31. The minimum absolute atomic E-state index is 0.0675. The summed E-state index contributed by atoms with van der Waals surface area (Å²) < 4.78 is 5.78. The summed E-state index contributed by atoms with van der Waals surface area (Å²) >= 11 is 0. The Bertz CT molecular complexity index is 1530. The van der Waals surface area contributed by atoms with Crippen LogP contribution in [0.1, 0.15) is 78.6 Å². The Balaban J connectivity index is 1.57. The molecule has 42 heavy (non-hydrogen) atoms. The van der Waals surface area contributed by atoms with Crippen molar-refractivity contribution >= 4 is 22.8 Å². The summed E-state index contributed by atoms with van der Waals surface area (Å²) in [6.45, 7) is 7.00. The molecule has 0 saturated heterocycles. The standard InChI is InChI=1S/C36H42N2O4/c1-4-6-9-12-28-16-18-30(19-17-28)36(41)37(21-7-5-2)25-34(39)38(23-29-13-10-8-11-14-29)24-31-26-42-33-20-15-27(3)22-32(33)35(31)40/h8,10-11,13-20,22,26H,4-7,9,12,21,23-25H2,1-3H3. The summed E-state index contributed by atoms with van der Waals surface area (Å²) in [6, 6.07) is 23.0. The van der Waals surface area contributed by atoms with E-state index in [0.29, 0.717) is 35.2 Å². The van der Waals surface area contributed by atoms with Crippen molar-refractivity contribution < 1.29 is 14.0 Å². The molecule has 0 saturated carbocycles. The van der Waals surface area contributed by atoms with Crippen molar-refractivity contribution in [2.24, 2.45) is 0 Å². The summed E-state index contributed by atoms with van der Waals surface area (Å²) in [4.78, 5) is 44.2. The van der Waals surface area contributed by atoms with Gasteiger partial charge in [-0.15, -0.1) is 0 Å². The lowest BCUT2D eigenvalue weighted by Gasteiger charge is -2.28. The van der Waals surface area contributed by atoms with Crippen LogP contribution in [0.5, 0.6) is 0 Å². The van der Waals surface area contributed by atoms with Gasteiger partial charge >= 0.3 is 0 Å². The fourth-order valence-corrected chi connectivity index (χ4v) is 5.08. The average Bonchev–Trinajstić information content (AvgIpc) is 3.01. The van der Waals surface area contributed by atoms with E-state index in [0.717, 1.165) is 36.8 Å². The molecule has 0 aliphatic carbocycles. The lowest BCUT2D eigenvalue weighted by atomic mass is 10.0. The van der Waals surface area contributed by atoms with Gasteiger partial charge in [-0.3, -0.25) is 14.4 Å². The SMILES string of the molecule is CCCCCc1ccc(C(=O)N(CCCC)CC(=O)N(Cc2ccccc2)Cc2coc3ccc(C)cc3c2=O)cc1. The largest absolute Gasteiger partial charge is 0.464 e. The molecule has 0 spiro atoms. The number of rotatable bonds is 14. The molecule has 0 aliphatic rings. The Labute approximate surface area is 249 Å². The highest BCUT2D eigenvalue weighted by Gasteiger charge is 2.24. The minimum Gasteiger partial charge on any atom is -0.464 e. The van der Waals surface area contributed by atoms with Gasteiger partial charge in [0, 0.05) is 18.7 Å². The summed E-state index contributed by atoms with van der Waals surface area (Å²) in [5.41, 5.74) is 4.47. The van der Waals surface area contributed by atoms with Gasteiger partial charge in [0.25, 0.3) is 5.91 Å². The maximum Gasteiger partial charge on any atom is 0.254 e. The van der Waals surface area contributed by atoms with Gasteiger partial charge in [0.2, 0.25) is 5.91 Å². The van der Waals surface area contributed by atoms with Crippen LogP contribution in [0.15, 0.2) is 88.3 Å². The fourth-order valence-electron chi connectivity index (χ4n) is 5.08. The zero-order chi connectivity index (χ0) is 29.9. The molecule has 0 aliphatic heterocycles. The third kappa shape index (κ3) is 8.19. The first-order chi connectivity index (χ1) is 20.4. The van der Waals surface area contributed by atoms with E-state index in [1.807, 2.05) is 73.7 Å². The van der Waals surface area contributed by atoms with Crippen molar-refractivity contribution in [1.82, 2.24) is 9.80 Å². The van der Waals surface area contributed by atoms with Crippen molar-refractivity contribution in [3.05, 3.63) is 117 Å². The Morgan fingerprint density at radius 1 is 0.786 bits per heavy atom. The van der Waals surface area contributed by atoms with Gasteiger partial charge in [-0.25, -0.2) is 0 Å². The van der Waals surface area contributed by atoms with Gasteiger partial charge in [-0.1, -0.05) is 87.2 Å². The van der Waals surface area contributed by atoms with E-state index < -0.39 is 0 Å². The molecule has 6 nitrogen and oxygen atoms in total. The average molecular weight is 567 g/mol. The number of aryl methyl sites for hydroxylation is 2. The van der Waals surface area contributed by atoms with Crippen molar-refractivity contribution in [2.75, 3.05) is 13.1 Å². The molecule has 3 aromatic carbocycles. The minimum atomic E-state index is -0.219. The highest BCUT2D eigenvalue weighted by molar-refractivity contribution is 5.96. The maximum atomic E-state index is 13.9. The zero-order valence-corrected chi connectivity index (χ0v) is 25.1. The number of amides is 2. The molecule has 0 bridgehead atoms. The van der Waals surface area contributed by atoms with Gasteiger partial charge in [-0.2, -0.15) is 0 Å². The van der Waals surface area contributed by atoms with E-state index in [1.165, 1.54) is 24.7 Å². The first-order valence-corrected chi connectivity index (χ1v) is 15.1. The molecular formula is C36H42N2O4. The Kier molecular flexibility index (Phi) is 11.1. The van der Waals surface area contributed by atoms with E-state index in [-0.39, 0.29) is 30.3 Å². The van der Waals surface area contributed by atoms with Gasteiger partial charge in [-0.05, 0) is 61.6 Å². The van der Waals surface area contributed by atoms with Gasteiger partial charge in [0.15, 0.2) is 5.43 Å². The van der Waals surface area contributed by atoms with Crippen LogP contribution in [0.3, 0.4) is 0 Å². The van der Waals surface area contributed by atoms with E-state index in [2.05, 4.69) is 13.8 Å². The van der Waals surface area contributed by atoms with Crippen LogP contribution in [-0.2, 0) is 24.3 Å². The van der Waals surface area contributed by atoms with E-state index >= 15 is 0 Å². The number of fused-ring (bicyclic) bond motifs is 1. The maximum absolute atomic E-state index is 13.9. The fraction of sp³-hybridized carbons (Fsp3) is 0.361. The molecule has 0 N–H and O–H groups in total. The number of hydrogen-bond donors (Lipinski definition) is 0. The molecule has 2 amide bonds. The second-order valence-corrected chi connectivity index (χ2v) is 11.1. The normalized spacial score (nSPS) is 11.0. The van der Waals surface area contributed by atoms with Crippen LogP contribution in [-0.4, -0.2) is 34.7 Å². The third-order valence-electron chi connectivity index (χ3n) is 7.59. The number of carbonyl (C=O) groups excluding carboxylic acids is 2.